The summed E-state index contributed by atoms with van der Waals surface area (Å²) < 4.78 is 45.3. The van der Waals surface area contributed by atoms with Gasteiger partial charge in [-0.1, -0.05) is 18.2 Å². The topological polar surface area (TPSA) is 64.2 Å². The Morgan fingerprint density at radius 2 is 1.93 bits per heavy atom. The number of aryl methyl sites for hydroxylation is 1. The first-order chi connectivity index (χ1) is 12.7. The summed E-state index contributed by atoms with van der Waals surface area (Å²) in [5, 5.41) is 2.73. The molecule has 1 N–H and O–H groups in total. The van der Waals surface area contributed by atoms with Gasteiger partial charge >= 0.3 is 11.9 Å². The molecule has 1 amide bonds. The first-order valence-electron chi connectivity index (χ1n) is 8.29. The lowest BCUT2D eigenvalue weighted by atomic mass is 9.93. The molecule has 0 bridgehead atoms. The summed E-state index contributed by atoms with van der Waals surface area (Å²) in [5.74, 6) is -0.893. The molecule has 0 atom stereocenters. The molecule has 0 aliphatic heterocycles. The third kappa shape index (κ3) is 2.90. The Bertz CT molecular complexity index is 1110. The summed E-state index contributed by atoms with van der Waals surface area (Å²) in [6, 6.07) is 9.67. The maximum atomic E-state index is 13.0. The second-order valence-electron chi connectivity index (χ2n) is 6.72. The van der Waals surface area contributed by atoms with Gasteiger partial charge in [-0.3, -0.25) is 9.36 Å². The van der Waals surface area contributed by atoms with Crippen molar-refractivity contribution in [2.45, 2.75) is 24.4 Å². The van der Waals surface area contributed by atoms with E-state index in [1.165, 1.54) is 16.7 Å². The molecule has 2 aromatic carbocycles. The standard InChI is InChI=1S/C19H15F3N2O3/c1-24-14-6-5-13(10-15(14)27-17(24)26)23-16(25)18(7-8-18)11-3-2-4-12(9-11)19(20,21)22/h2-6,9-10H,7-8H2,1H3,(H,23,25). The number of fused-ring (bicyclic) bond motifs is 1. The number of carbonyl (C=O) groups is 1. The van der Waals surface area contributed by atoms with Gasteiger partial charge in [-0.15, -0.1) is 0 Å². The third-order valence-corrected chi connectivity index (χ3v) is 4.98. The normalized spacial score (nSPS) is 15.7. The Balaban J connectivity index is 1.62. The molecule has 140 valence electrons. The lowest BCUT2D eigenvalue weighted by molar-refractivity contribution is -0.137. The highest BCUT2D eigenvalue weighted by molar-refractivity contribution is 6.02. The van der Waals surface area contributed by atoms with Crippen molar-refractivity contribution in [2.24, 2.45) is 7.05 Å². The SMILES string of the molecule is Cn1c(=O)oc2cc(NC(=O)C3(c4cccc(C(F)(F)F)c4)CC3)ccc21. The van der Waals surface area contributed by atoms with Crippen LogP contribution in [0.5, 0.6) is 0 Å². The van der Waals surface area contributed by atoms with Gasteiger partial charge in [0, 0.05) is 18.8 Å². The second-order valence-corrected chi connectivity index (χ2v) is 6.72. The predicted octanol–water partition coefficient (Wildman–Crippen LogP) is 3.82. The highest BCUT2D eigenvalue weighted by Gasteiger charge is 2.51. The number of rotatable bonds is 3. The van der Waals surface area contributed by atoms with Crippen molar-refractivity contribution >= 4 is 22.7 Å². The van der Waals surface area contributed by atoms with Crippen molar-refractivity contribution in [3.8, 4) is 0 Å². The summed E-state index contributed by atoms with van der Waals surface area (Å²) in [5.41, 5.74) is -0.0664. The van der Waals surface area contributed by atoms with Crippen molar-refractivity contribution in [3.63, 3.8) is 0 Å². The average molecular weight is 376 g/mol. The van der Waals surface area contributed by atoms with E-state index < -0.39 is 22.9 Å². The zero-order chi connectivity index (χ0) is 19.4. The van der Waals surface area contributed by atoms with E-state index in [0.717, 1.165) is 12.1 Å². The van der Waals surface area contributed by atoms with Gasteiger partial charge in [0.2, 0.25) is 5.91 Å². The van der Waals surface area contributed by atoms with Gasteiger partial charge in [-0.25, -0.2) is 4.79 Å². The minimum atomic E-state index is -4.46. The monoisotopic (exact) mass is 376 g/mol. The number of nitrogens with one attached hydrogen (secondary N) is 1. The third-order valence-electron chi connectivity index (χ3n) is 4.98. The molecule has 0 unspecified atom stereocenters. The van der Waals surface area contributed by atoms with Gasteiger partial charge in [0.1, 0.15) is 0 Å². The highest BCUT2D eigenvalue weighted by Crippen LogP contribution is 2.50. The maximum absolute atomic E-state index is 13.0. The molecule has 1 aliphatic rings. The van der Waals surface area contributed by atoms with E-state index in [2.05, 4.69) is 5.32 Å². The number of anilines is 1. The number of carbonyl (C=O) groups excluding carboxylic acids is 1. The van der Waals surface area contributed by atoms with Gasteiger partial charge in [-0.05, 0) is 36.6 Å². The highest BCUT2D eigenvalue weighted by atomic mass is 19.4. The summed E-state index contributed by atoms with van der Waals surface area (Å²) in [6.07, 6.45) is -3.51. The molecule has 1 aromatic heterocycles. The molecule has 1 fully saturated rings. The number of nitrogens with zero attached hydrogens (tertiary/aromatic N) is 1. The molecule has 1 saturated carbocycles. The fourth-order valence-electron chi connectivity index (χ4n) is 3.23. The van der Waals surface area contributed by atoms with Crippen molar-refractivity contribution in [2.75, 3.05) is 5.32 Å². The van der Waals surface area contributed by atoms with Crippen LogP contribution in [0, 0.1) is 0 Å². The van der Waals surface area contributed by atoms with Crippen molar-refractivity contribution in [1.82, 2.24) is 4.57 Å². The molecule has 1 heterocycles. The predicted molar refractivity (Wildman–Crippen MR) is 92.4 cm³/mol. The Kier molecular flexibility index (Phi) is 3.69. The van der Waals surface area contributed by atoms with Crippen molar-refractivity contribution in [3.05, 3.63) is 64.1 Å². The number of hydrogen-bond donors (Lipinski definition) is 1. The first kappa shape index (κ1) is 17.4. The van der Waals surface area contributed by atoms with Crippen molar-refractivity contribution < 1.29 is 22.4 Å². The van der Waals surface area contributed by atoms with E-state index in [-0.39, 0.29) is 5.91 Å². The van der Waals surface area contributed by atoms with Crippen LogP contribution >= 0.6 is 0 Å². The van der Waals surface area contributed by atoms with Crippen LogP contribution in [-0.2, 0) is 23.4 Å². The van der Waals surface area contributed by atoms with E-state index >= 15 is 0 Å². The van der Waals surface area contributed by atoms with E-state index in [1.807, 2.05) is 0 Å². The molecular formula is C19H15F3N2O3. The lowest BCUT2D eigenvalue weighted by Crippen LogP contribution is -2.28. The Morgan fingerprint density at radius 3 is 2.59 bits per heavy atom. The maximum Gasteiger partial charge on any atom is 0.419 e. The molecule has 27 heavy (non-hydrogen) atoms. The molecule has 4 rings (SSSR count). The van der Waals surface area contributed by atoms with Crippen LogP contribution in [0.1, 0.15) is 24.0 Å². The molecule has 8 heteroatoms. The summed E-state index contributed by atoms with van der Waals surface area (Å²) in [7, 11) is 1.57. The molecule has 0 radical (unpaired) electrons. The largest absolute Gasteiger partial charge is 0.419 e. The van der Waals surface area contributed by atoms with Crippen LogP contribution in [0.2, 0.25) is 0 Å². The summed E-state index contributed by atoms with van der Waals surface area (Å²) in [4.78, 5) is 24.3. The van der Waals surface area contributed by atoms with Crippen LogP contribution in [-0.4, -0.2) is 10.5 Å². The second kappa shape index (κ2) is 5.73. The van der Waals surface area contributed by atoms with Crippen molar-refractivity contribution in [1.29, 1.82) is 0 Å². The van der Waals surface area contributed by atoms with Crippen LogP contribution in [0.15, 0.2) is 51.7 Å². The van der Waals surface area contributed by atoms with E-state index in [4.69, 9.17) is 4.42 Å². The molecule has 0 spiro atoms. The molecular weight excluding hydrogens is 361 g/mol. The molecule has 5 nitrogen and oxygen atoms in total. The Morgan fingerprint density at radius 1 is 1.19 bits per heavy atom. The summed E-state index contributed by atoms with van der Waals surface area (Å²) in [6.45, 7) is 0. The minimum Gasteiger partial charge on any atom is -0.408 e. The van der Waals surface area contributed by atoms with Crippen LogP contribution in [0.25, 0.3) is 11.1 Å². The van der Waals surface area contributed by atoms with Gasteiger partial charge in [0.15, 0.2) is 5.58 Å². The molecule has 3 aromatic rings. The number of hydrogen-bond acceptors (Lipinski definition) is 3. The van der Waals surface area contributed by atoms with Crippen LogP contribution in [0.4, 0.5) is 18.9 Å². The van der Waals surface area contributed by atoms with Crippen LogP contribution < -0.4 is 11.1 Å². The minimum absolute atomic E-state index is 0.323. The van der Waals surface area contributed by atoms with E-state index in [0.29, 0.717) is 35.2 Å². The zero-order valence-electron chi connectivity index (χ0n) is 14.3. The van der Waals surface area contributed by atoms with Gasteiger partial charge in [0.05, 0.1) is 16.5 Å². The van der Waals surface area contributed by atoms with Crippen LogP contribution in [0.3, 0.4) is 0 Å². The zero-order valence-corrected chi connectivity index (χ0v) is 14.3. The number of halogens is 3. The number of oxazole rings is 1. The Labute approximate surface area is 151 Å². The fraction of sp³-hybridized carbons (Fsp3) is 0.263. The molecule has 0 saturated heterocycles. The Hall–Kier alpha value is -3.03. The molecule has 1 aliphatic carbocycles. The average Bonchev–Trinajstić information content (AvgIpc) is 3.38. The number of aromatic nitrogens is 1. The van der Waals surface area contributed by atoms with Gasteiger partial charge in [-0.2, -0.15) is 13.2 Å². The number of alkyl halides is 3. The fourth-order valence-corrected chi connectivity index (χ4v) is 3.23. The van der Waals surface area contributed by atoms with E-state index in [1.54, 1.807) is 25.2 Å². The van der Waals surface area contributed by atoms with Gasteiger partial charge in [0.25, 0.3) is 0 Å². The first-order valence-corrected chi connectivity index (χ1v) is 8.29. The quantitative estimate of drug-likeness (QED) is 0.756. The van der Waals surface area contributed by atoms with Gasteiger partial charge < -0.3 is 9.73 Å². The number of amides is 1. The smallest absolute Gasteiger partial charge is 0.408 e. The lowest BCUT2D eigenvalue weighted by Gasteiger charge is -2.17. The summed E-state index contributed by atoms with van der Waals surface area (Å²) >= 11 is 0. The number of benzene rings is 2. The van der Waals surface area contributed by atoms with E-state index in [9.17, 15) is 22.8 Å².